The summed E-state index contributed by atoms with van der Waals surface area (Å²) in [5.41, 5.74) is 16.4. The van der Waals surface area contributed by atoms with Gasteiger partial charge in [0.1, 0.15) is 0 Å². The smallest absolute Gasteiger partial charge is 0.248 e. The molecule has 0 atom stereocenters. The van der Waals surface area contributed by atoms with Gasteiger partial charge in [-0.3, -0.25) is 9.79 Å². The molecule has 0 saturated heterocycles. The zero-order valence-electron chi connectivity index (χ0n) is 17.0. The molecule has 0 unspecified atom stereocenters. The summed E-state index contributed by atoms with van der Waals surface area (Å²) < 4.78 is 0. The lowest BCUT2D eigenvalue weighted by atomic mass is 10.0. The average molecular weight is 390 g/mol. The highest BCUT2D eigenvalue weighted by Gasteiger charge is 2.02. The Morgan fingerprint density at radius 3 is 2.45 bits per heavy atom. The lowest BCUT2D eigenvalue weighted by molar-refractivity contribution is 0.100. The largest absolute Gasteiger partial charge is 0.366 e. The van der Waals surface area contributed by atoms with E-state index in [0.29, 0.717) is 18.1 Å². The topological polar surface area (TPSA) is 106 Å². The first-order valence-electron chi connectivity index (χ1n) is 9.26. The molecule has 0 heterocycles. The predicted octanol–water partition coefficient (Wildman–Crippen LogP) is 3.76. The fourth-order valence-corrected chi connectivity index (χ4v) is 2.56. The molecule has 0 fully saturated rings. The van der Waals surface area contributed by atoms with E-state index >= 15 is 0 Å². The van der Waals surface area contributed by atoms with Gasteiger partial charge in [-0.05, 0) is 60.9 Å². The quantitative estimate of drug-likeness (QED) is 0.398. The second-order valence-electron chi connectivity index (χ2n) is 6.48. The Morgan fingerprint density at radius 1 is 1.10 bits per heavy atom. The maximum Gasteiger partial charge on any atom is 0.248 e. The van der Waals surface area contributed by atoms with Gasteiger partial charge in [0.15, 0.2) is 0 Å². The SMILES string of the molecule is CN=C(/N=C(C)/C=C\C=C(/C)c1cccc(CN)c1)Nc1ccc(C(N)=O)cc1. The molecule has 0 saturated carbocycles. The van der Waals surface area contributed by atoms with Crippen molar-refractivity contribution in [3.05, 3.63) is 83.4 Å². The van der Waals surface area contributed by atoms with Gasteiger partial charge >= 0.3 is 0 Å². The van der Waals surface area contributed by atoms with Crippen molar-refractivity contribution in [2.45, 2.75) is 20.4 Å². The molecule has 0 spiro atoms. The van der Waals surface area contributed by atoms with Crippen molar-refractivity contribution in [1.29, 1.82) is 0 Å². The van der Waals surface area contributed by atoms with Crippen LogP contribution in [0.1, 0.15) is 35.3 Å². The second-order valence-corrected chi connectivity index (χ2v) is 6.48. The van der Waals surface area contributed by atoms with Crippen molar-refractivity contribution in [2.75, 3.05) is 12.4 Å². The number of allylic oxidation sites excluding steroid dienone is 4. The number of anilines is 1. The number of hydrogen-bond donors (Lipinski definition) is 3. The molecule has 1 amide bonds. The number of hydrogen-bond acceptors (Lipinski definition) is 3. The molecule has 0 aliphatic heterocycles. The molecular weight excluding hydrogens is 362 g/mol. The third kappa shape index (κ3) is 6.86. The summed E-state index contributed by atoms with van der Waals surface area (Å²) in [4.78, 5) is 19.8. The summed E-state index contributed by atoms with van der Waals surface area (Å²) in [6.45, 7) is 4.49. The van der Waals surface area contributed by atoms with E-state index in [4.69, 9.17) is 11.5 Å². The normalized spacial score (nSPS) is 13.0. The van der Waals surface area contributed by atoms with E-state index in [1.54, 1.807) is 31.3 Å². The van der Waals surface area contributed by atoms with Crippen LogP contribution in [-0.2, 0) is 6.54 Å². The van der Waals surface area contributed by atoms with Gasteiger partial charge in [0, 0.05) is 30.6 Å². The molecule has 0 aliphatic carbocycles. The zero-order valence-corrected chi connectivity index (χ0v) is 17.0. The molecule has 2 aromatic carbocycles. The highest BCUT2D eigenvalue weighted by Crippen LogP contribution is 2.15. The fraction of sp³-hybridized carbons (Fsp3) is 0.174. The van der Waals surface area contributed by atoms with E-state index in [0.717, 1.165) is 28.1 Å². The summed E-state index contributed by atoms with van der Waals surface area (Å²) >= 11 is 0. The van der Waals surface area contributed by atoms with Gasteiger partial charge in [0.25, 0.3) is 0 Å². The summed E-state index contributed by atoms with van der Waals surface area (Å²) in [6, 6.07) is 15.0. The monoisotopic (exact) mass is 389 g/mol. The van der Waals surface area contributed by atoms with E-state index in [2.05, 4.69) is 34.4 Å². The zero-order chi connectivity index (χ0) is 21.2. The van der Waals surface area contributed by atoms with Gasteiger partial charge in [-0.25, -0.2) is 4.99 Å². The Hall–Kier alpha value is -3.51. The van der Waals surface area contributed by atoms with Crippen LogP contribution in [0, 0.1) is 0 Å². The van der Waals surface area contributed by atoms with Crippen LogP contribution >= 0.6 is 0 Å². The number of amides is 1. The highest BCUT2D eigenvalue weighted by molar-refractivity contribution is 6.06. The highest BCUT2D eigenvalue weighted by atomic mass is 16.1. The minimum absolute atomic E-state index is 0.451. The van der Waals surface area contributed by atoms with E-state index in [9.17, 15) is 4.79 Å². The number of carbonyl (C=O) groups excluding carboxylic acids is 1. The van der Waals surface area contributed by atoms with Crippen LogP contribution in [0.3, 0.4) is 0 Å². The van der Waals surface area contributed by atoms with Crippen molar-refractivity contribution < 1.29 is 4.79 Å². The number of nitrogens with zero attached hydrogens (tertiary/aromatic N) is 2. The second kappa shape index (κ2) is 10.7. The number of rotatable bonds is 6. The van der Waals surface area contributed by atoms with E-state index in [-0.39, 0.29) is 0 Å². The number of guanidine groups is 1. The van der Waals surface area contributed by atoms with Crippen LogP contribution in [0.25, 0.3) is 5.57 Å². The molecule has 0 radical (unpaired) electrons. The molecule has 0 aliphatic rings. The molecule has 29 heavy (non-hydrogen) atoms. The first-order chi connectivity index (χ1) is 13.9. The van der Waals surface area contributed by atoms with Crippen LogP contribution in [0.2, 0.25) is 0 Å². The summed E-state index contributed by atoms with van der Waals surface area (Å²) in [7, 11) is 1.66. The molecule has 150 valence electrons. The van der Waals surface area contributed by atoms with Crippen molar-refractivity contribution in [3.63, 3.8) is 0 Å². The van der Waals surface area contributed by atoms with Crippen molar-refractivity contribution in [1.82, 2.24) is 0 Å². The molecule has 0 aromatic heterocycles. The van der Waals surface area contributed by atoms with Crippen molar-refractivity contribution in [2.24, 2.45) is 21.5 Å². The maximum atomic E-state index is 11.1. The Bertz CT molecular complexity index is 969. The Kier molecular flexibility index (Phi) is 8.06. The molecule has 5 N–H and O–H groups in total. The van der Waals surface area contributed by atoms with Crippen LogP contribution in [0.4, 0.5) is 5.69 Å². The lowest BCUT2D eigenvalue weighted by Gasteiger charge is -2.06. The van der Waals surface area contributed by atoms with E-state index in [1.165, 1.54) is 0 Å². The molecule has 0 bridgehead atoms. The van der Waals surface area contributed by atoms with Crippen LogP contribution in [0.5, 0.6) is 0 Å². The molecular formula is C23H27N5O. The van der Waals surface area contributed by atoms with Crippen LogP contribution in [-0.4, -0.2) is 24.6 Å². The number of carbonyl (C=O) groups is 1. The minimum Gasteiger partial charge on any atom is -0.366 e. The third-order valence-corrected chi connectivity index (χ3v) is 4.22. The number of nitrogens with two attached hydrogens (primary N) is 2. The van der Waals surface area contributed by atoms with Crippen LogP contribution in [0.15, 0.2) is 76.7 Å². The van der Waals surface area contributed by atoms with Crippen molar-refractivity contribution in [3.8, 4) is 0 Å². The summed E-state index contributed by atoms with van der Waals surface area (Å²) in [5, 5.41) is 3.11. The molecule has 6 nitrogen and oxygen atoms in total. The average Bonchev–Trinajstić information content (AvgIpc) is 2.73. The number of nitrogens with one attached hydrogen (secondary N) is 1. The van der Waals surface area contributed by atoms with Crippen LogP contribution < -0.4 is 16.8 Å². The Balaban J connectivity index is 2.04. The minimum atomic E-state index is -0.460. The molecule has 2 aromatic rings. The van der Waals surface area contributed by atoms with Gasteiger partial charge in [-0.2, -0.15) is 0 Å². The van der Waals surface area contributed by atoms with Gasteiger partial charge in [0.05, 0.1) is 0 Å². The van der Waals surface area contributed by atoms with Gasteiger partial charge in [-0.1, -0.05) is 36.4 Å². The van der Waals surface area contributed by atoms with Crippen molar-refractivity contribution >= 4 is 28.8 Å². The summed E-state index contributed by atoms with van der Waals surface area (Å²) in [5.74, 6) is 0.00774. The van der Waals surface area contributed by atoms with Gasteiger partial charge in [0.2, 0.25) is 11.9 Å². The first-order valence-corrected chi connectivity index (χ1v) is 9.26. The van der Waals surface area contributed by atoms with Gasteiger partial charge < -0.3 is 16.8 Å². The fourth-order valence-electron chi connectivity index (χ4n) is 2.56. The third-order valence-electron chi connectivity index (χ3n) is 4.22. The first kappa shape index (κ1) is 21.8. The predicted molar refractivity (Wildman–Crippen MR) is 122 cm³/mol. The Morgan fingerprint density at radius 2 is 1.83 bits per heavy atom. The Labute approximate surface area is 171 Å². The lowest BCUT2D eigenvalue weighted by Crippen LogP contribution is -2.13. The number of benzene rings is 2. The van der Waals surface area contributed by atoms with Gasteiger partial charge in [-0.15, -0.1) is 0 Å². The number of primary amides is 1. The van der Waals surface area contributed by atoms with E-state index < -0.39 is 5.91 Å². The molecule has 6 heteroatoms. The molecule has 2 rings (SSSR count). The van der Waals surface area contributed by atoms with E-state index in [1.807, 2.05) is 37.3 Å². The standard InChI is InChI=1S/C23H27N5O/c1-16(20-9-5-8-18(14-20)15-24)6-4-7-17(2)27-23(26-3)28-21-12-10-19(11-13-21)22(25)29/h4-14H,15,24H2,1-3H3,(H2,25,29)(H,26,28)/b7-4-,16-6+,27-17+. The maximum absolute atomic E-state index is 11.1. The summed E-state index contributed by atoms with van der Waals surface area (Å²) in [6.07, 6.45) is 5.91. The number of aliphatic imine (C=N–C) groups is 2.